The van der Waals surface area contributed by atoms with E-state index < -0.39 is 0 Å². The first kappa shape index (κ1) is 16.7. The molecule has 0 radical (unpaired) electrons. The van der Waals surface area contributed by atoms with Gasteiger partial charge in [0.25, 0.3) is 0 Å². The van der Waals surface area contributed by atoms with Crippen LogP contribution in [0.5, 0.6) is 0 Å². The number of aryl methyl sites for hydroxylation is 2. The van der Waals surface area contributed by atoms with Crippen molar-refractivity contribution in [3.8, 4) is 0 Å². The Hall–Kier alpha value is -0.690. The van der Waals surface area contributed by atoms with Gasteiger partial charge in [0.05, 0.1) is 27.4 Å². The third-order valence-corrected chi connectivity index (χ3v) is 4.96. The van der Waals surface area contributed by atoms with E-state index in [4.69, 9.17) is 29.6 Å². The Bertz CT molecular complexity index is 508. The predicted octanol–water partition coefficient (Wildman–Crippen LogP) is 1.56. The van der Waals surface area contributed by atoms with Gasteiger partial charge in [-0.2, -0.15) is 5.10 Å². The number of halogens is 1. The summed E-state index contributed by atoms with van der Waals surface area (Å²) in [4.78, 5) is 5.40. The summed E-state index contributed by atoms with van der Waals surface area (Å²) < 4.78 is 1.88. The van der Waals surface area contributed by atoms with Gasteiger partial charge in [-0.15, -0.1) is 0 Å². The third kappa shape index (κ3) is 3.74. The van der Waals surface area contributed by atoms with Crippen LogP contribution in [-0.4, -0.2) is 56.8 Å². The van der Waals surface area contributed by atoms with Crippen molar-refractivity contribution < 1.29 is 0 Å². The summed E-state index contributed by atoms with van der Waals surface area (Å²) in [5.74, 6) is 0. The summed E-state index contributed by atoms with van der Waals surface area (Å²) in [6.07, 6.45) is 0.974. The fourth-order valence-corrected chi connectivity index (χ4v) is 3.47. The highest BCUT2D eigenvalue weighted by Gasteiger charge is 2.25. The normalized spacial score (nSPS) is 18.9. The zero-order valence-corrected chi connectivity index (χ0v) is 14.5. The first-order valence-electron chi connectivity index (χ1n) is 7.37. The number of nitrogens with two attached hydrogens (primary N) is 1. The van der Waals surface area contributed by atoms with Gasteiger partial charge >= 0.3 is 0 Å². The highest BCUT2D eigenvalue weighted by Crippen LogP contribution is 2.21. The molecule has 0 aromatic carbocycles. The van der Waals surface area contributed by atoms with Gasteiger partial charge in [-0.1, -0.05) is 30.7 Å². The van der Waals surface area contributed by atoms with Crippen molar-refractivity contribution >= 4 is 28.8 Å². The average Bonchev–Trinajstić information content (AvgIpc) is 2.67. The smallest absolute Gasteiger partial charge is 0.0901 e. The van der Waals surface area contributed by atoms with Gasteiger partial charge in [-0.3, -0.25) is 14.5 Å². The summed E-state index contributed by atoms with van der Waals surface area (Å²) in [6, 6.07) is 0.227. The maximum absolute atomic E-state index is 6.32. The molecule has 7 heteroatoms. The van der Waals surface area contributed by atoms with E-state index in [0.29, 0.717) is 4.99 Å². The Morgan fingerprint density at radius 2 is 2.00 bits per heavy atom. The third-order valence-electron chi connectivity index (χ3n) is 4.20. The molecule has 1 saturated heterocycles. The van der Waals surface area contributed by atoms with Crippen LogP contribution in [0.25, 0.3) is 0 Å². The molecule has 1 atom stereocenters. The van der Waals surface area contributed by atoms with Gasteiger partial charge in [0.2, 0.25) is 0 Å². The monoisotopic (exact) mass is 329 g/mol. The van der Waals surface area contributed by atoms with Gasteiger partial charge in [0.15, 0.2) is 0 Å². The minimum absolute atomic E-state index is 0.227. The van der Waals surface area contributed by atoms with Crippen molar-refractivity contribution in [3.05, 3.63) is 16.4 Å². The van der Waals surface area contributed by atoms with Gasteiger partial charge < -0.3 is 5.73 Å². The second-order valence-electron chi connectivity index (χ2n) is 5.61. The highest BCUT2D eigenvalue weighted by molar-refractivity contribution is 7.80. The predicted molar refractivity (Wildman–Crippen MR) is 90.7 cm³/mol. The molecule has 1 aliphatic heterocycles. The molecule has 1 fully saturated rings. The van der Waals surface area contributed by atoms with Crippen molar-refractivity contribution in [1.82, 2.24) is 19.6 Å². The second-order valence-corrected chi connectivity index (χ2v) is 6.46. The summed E-state index contributed by atoms with van der Waals surface area (Å²) in [5.41, 5.74) is 7.81. The lowest BCUT2D eigenvalue weighted by molar-refractivity contribution is 0.110. The lowest BCUT2D eigenvalue weighted by Gasteiger charge is -2.38. The lowest BCUT2D eigenvalue weighted by Crippen LogP contribution is -2.53. The first-order valence-corrected chi connectivity index (χ1v) is 8.16. The van der Waals surface area contributed by atoms with Crippen LogP contribution in [-0.2, 0) is 13.6 Å². The number of piperazine rings is 1. The molecule has 1 aromatic heterocycles. The average molecular weight is 330 g/mol. The molecule has 0 aliphatic carbocycles. The molecular weight excluding hydrogens is 306 g/mol. The van der Waals surface area contributed by atoms with E-state index in [9.17, 15) is 0 Å². The van der Waals surface area contributed by atoms with Crippen molar-refractivity contribution in [2.45, 2.75) is 32.9 Å². The summed E-state index contributed by atoms with van der Waals surface area (Å²) in [7, 11) is 1.95. The molecule has 0 amide bonds. The molecule has 2 N–H and O–H groups in total. The van der Waals surface area contributed by atoms with E-state index in [-0.39, 0.29) is 6.04 Å². The van der Waals surface area contributed by atoms with Crippen LogP contribution in [0.4, 0.5) is 0 Å². The Balaban J connectivity index is 1.94. The number of nitrogens with zero attached hydrogens (tertiary/aromatic N) is 4. The molecule has 0 saturated carbocycles. The van der Waals surface area contributed by atoms with Crippen LogP contribution in [0.2, 0.25) is 5.02 Å². The maximum atomic E-state index is 6.32. The van der Waals surface area contributed by atoms with E-state index >= 15 is 0 Å². The topological polar surface area (TPSA) is 50.3 Å². The molecule has 2 rings (SSSR count). The van der Waals surface area contributed by atoms with Gasteiger partial charge in [-0.25, -0.2) is 0 Å². The van der Waals surface area contributed by atoms with Crippen LogP contribution in [0.3, 0.4) is 0 Å². The fraction of sp³-hybridized carbons (Fsp3) is 0.714. The Labute approximate surface area is 137 Å². The summed E-state index contributed by atoms with van der Waals surface area (Å²) >= 11 is 11.5. The van der Waals surface area contributed by atoms with Gasteiger partial charge in [-0.05, 0) is 13.3 Å². The van der Waals surface area contributed by atoms with Crippen LogP contribution in [0.15, 0.2) is 0 Å². The Morgan fingerprint density at radius 3 is 2.43 bits per heavy atom. The molecule has 1 aliphatic rings. The molecule has 2 heterocycles. The standard InChI is InChI=1S/C14H24ClN5S/c1-4-11(14(16)21)20-7-5-19(6-8-20)9-12-13(15)10(2)17-18(12)3/h11H,4-9H2,1-3H3,(H2,16,21). The quantitative estimate of drug-likeness (QED) is 0.831. The number of thiocarbonyl (C=S) groups is 1. The SMILES string of the molecule is CCC(C(N)=S)N1CCN(Cc2c(Cl)c(C)nn2C)CC1. The van der Waals surface area contributed by atoms with Gasteiger partial charge in [0.1, 0.15) is 0 Å². The molecule has 21 heavy (non-hydrogen) atoms. The lowest BCUT2D eigenvalue weighted by atomic mass is 10.1. The molecule has 118 valence electrons. The maximum Gasteiger partial charge on any atom is 0.0901 e. The van der Waals surface area contributed by atoms with E-state index in [1.807, 2.05) is 18.7 Å². The number of hydrogen-bond acceptors (Lipinski definition) is 4. The van der Waals surface area contributed by atoms with Crippen LogP contribution < -0.4 is 5.73 Å². The highest BCUT2D eigenvalue weighted by atomic mass is 35.5. The van der Waals surface area contributed by atoms with Crippen molar-refractivity contribution in [2.24, 2.45) is 12.8 Å². The Morgan fingerprint density at radius 1 is 1.38 bits per heavy atom. The minimum atomic E-state index is 0.227. The second kappa shape index (κ2) is 7.05. The fourth-order valence-electron chi connectivity index (χ4n) is 2.94. The molecular formula is C14H24ClN5S. The molecule has 0 spiro atoms. The molecule has 1 unspecified atom stereocenters. The number of rotatable bonds is 5. The van der Waals surface area contributed by atoms with Gasteiger partial charge in [0, 0.05) is 39.8 Å². The van der Waals surface area contributed by atoms with E-state index in [1.54, 1.807) is 0 Å². The van der Waals surface area contributed by atoms with Crippen LogP contribution in [0.1, 0.15) is 24.7 Å². The van der Waals surface area contributed by atoms with E-state index in [1.165, 1.54) is 0 Å². The van der Waals surface area contributed by atoms with Crippen molar-refractivity contribution in [2.75, 3.05) is 26.2 Å². The molecule has 0 bridgehead atoms. The molecule has 1 aromatic rings. The largest absolute Gasteiger partial charge is 0.392 e. The van der Waals surface area contributed by atoms with Crippen LogP contribution in [0, 0.1) is 6.92 Å². The zero-order valence-electron chi connectivity index (χ0n) is 13.0. The number of aromatic nitrogens is 2. The van der Waals surface area contributed by atoms with E-state index in [2.05, 4.69) is 21.8 Å². The Kier molecular flexibility index (Phi) is 5.60. The summed E-state index contributed by atoms with van der Waals surface area (Å²) in [6.45, 7) is 8.90. The zero-order chi connectivity index (χ0) is 15.6. The summed E-state index contributed by atoms with van der Waals surface area (Å²) in [5, 5.41) is 5.16. The first-order chi connectivity index (χ1) is 9.93. The minimum Gasteiger partial charge on any atom is -0.392 e. The van der Waals surface area contributed by atoms with Crippen molar-refractivity contribution in [1.29, 1.82) is 0 Å². The molecule has 5 nitrogen and oxygen atoms in total. The van der Waals surface area contributed by atoms with Crippen LogP contribution >= 0.6 is 23.8 Å². The number of hydrogen-bond donors (Lipinski definition) is 1. The van der Waals surface area contributed by atoms with E-state index in [0.717, 1.165) is 55.6 Å². The van der Waals surface area contributed by atoms with Crippen molar-refractivity contribution in [3.63, 3.8) is 0 Å².